The lowest BCUT2D eigenvalue weighted by Crippen LogP contribution is -2.39. The van der Waals surface area contributed by atoms with Crippen LogP contribution in [0.1, 0.15) is 6.42 Å². The summed E-state index contributed by atoms with van der Waals surface area (Å²) in [6.45, 7) is 3.00. The molecule has 0 radical (unpaired) electrons. The summed E-state index contributed by atoms with van der Waals surface area (Å²) in [5, 5.41) is 5.58. The Morgan fingerprint density at radius 1 is 1.21 bits per heavy atom. The van der Waals surface area contributed by atoms with Crippen LogP contribution in [0, 0.1) is 0 Å². The van der Waals surface area contributed by atoms with Gasteiger partial charge in [-0.3, -0.25) is 14.4 Å². The van der Waals surface area contributed by atoms with Crippen molar-refractivity contribution in [3.63, 3.8) is 0 Å². The van der Waals surface area contributed by atoms with Crippen molar-refractivity contribution in [1.82, 2.24) is 4.90 Å². The summed E-state index contributed by atoms with van der Waals surface area (Å²) < 4.78 is 5.37. The normalized spacial score (nSPS) is 17.7. The van der Waals surface area contributed by atoms with Gasteiger partial charge in [0.2, 0.25) is 17.7 Å². The molecule has 33 heavy (non-hydrogen) atoms. The summed E-state index contributed by atoms with van der Waals surface area (Å²) in [4.78, 5) is 41.9. The molecule has 1 saturated heterocycles. The van der Waals surface area contributed by atoms with Crippen LogP contribution in [0.3, 0.4) is 0 Å². The zero-order chi connectivity index (χ0) is 23.4. The van der Waals surface area contributed by atoms with Crippen LogP contribution in [0.4, 0.5) is 17.1 Å². The number of morpholine rings is 1. The number of benzene rings is 2. The molecule has 4 rings (SSSR count). The van der Waals surface area contributed by atoms with Gasteiger partial charge >= 0.3 is 0 Å². The van der Waals surface area contributed by atoms with Crippen LogP contribution in [0.2, 0.25) is 5.02 Å². The molecule has 0 bridgehead atoms. The molecule has 1 fully saturated rings. The van der Waals surface area contributed by atoms with Crippen molar-refractivity contribution in [2.24, 2.45) is 0 Å². The Bertz CT molecular complexity index is 1040. The molecule has 174 valence electrons. The van der Waals surface area contributed by atoms with Gasteiger partial charge in [-0.15, -0.1) is 11.8 Å². The summed E-state index contributed by atoms with van der Waals surface area (Å²) >= 11 is 7.29. The first kappa shape index (κ1) is 23.4. The summed E-state index contributed by atoms with van der Waals surface area (Å²) in [5.74, 6) is -0.829. The monoisotopic (exact) mass is 488 g/mol. The minimum atomic E-state index is -0.565. The molecule has 3 amide bonds. The average Bonchev–Trinajstić information content (AvgIpc) is 2.80. The minimum Gasteiger partial charge on any atom is -0.378 e. The van der Waals surface area contributed by atoms with Gasteiger partial charge in [-0.1, -0.05) is 11.6 Å². The molecule has 2 N–H and O–H groups in total. The predicted octanol–water partition coefficient (Wildman–Crippen LogP) is 3.08. The van der Waals surface area contributed by atoms with Crippen LogP contribution < -0.4 is 15.5 Å². The van der Waals surface area contributed by atoms with Crippen LogP contribution in [0.25, 0.3) is 0 Å². The number of carbonyl (C=O) groups excluding carboxylic acids is 3. The number of anilines is 3. The third kappa shape index (κ3) is 5.98. The minimum absolute atomic E-state index is 0.00338. The second-order valence-electron chi connectivity index (χ2n) is 7.88. The van der Waals surface area contributed by atoms with E-state index in [0.717, 1.165) is 23.7 Å². The number of carbonyl (C=O) groups is 3. The molecule has 0 aromatic heterocycles. The highest BCUT2D eigenvalue weighted by atomic mass is 35.5. The molecule has 0 spiro atoms. The Hall–Kier alpha value is -2.75. The highest BCUT2D eigenvalue weighted by molar-refractivity contribution is 8.01. The fourth-order valence-corrected chi connectivity index (χ4v) is 4.91. The van der Waals surface area contributed by atoms with Gasteiger partial charge in [0, 0.05) is 47.9 Å². The molecular formula is C23H25ClN4O4S. The number of hydrogen-bond donors (Lipinski definition) is 2. The SMILES string of the molecule is CN(CC(=O)Nc1ccc(N2CCOCC2)cc1)C(=O)CC1Sc2ccc(Cl)cc2NC1=O. The van der Waals surface area contributed by atoms with E-state index >= 15 is 0 Å². The summed E-state index contributed by atoms with van der Waals surface area (Å²) in [6.07, 6.45) is -0.00338. The van der Waals surface area contributed by atoms with E-state index in [2.05, 4.69) is 15.5 Å². The van der Waals surface area contributed by atoms with E-state index in [9.17, 15) is 14.4 Å². The molecular weight excluding hydrogens is 464 g/mol. The molecule has 0 saturated carbocycles. The zero-order valence-corrected chi connectivity index (χ0v) is 19.7. The molecule has 2 aliphatic heterocycles. The summed E-state index contributed by atoms with van der Waals surface area (Å²) in [5.41, 5.74) is 2.39. The van der Waals surface area contributed by atoms with E-state index < -0.39 is 5.25 Å². The summed E-state index contributed by atoms with van der Waals surface area (Å²) in [6, 6.07) is 12.9. The fraction of sp³-hybridized carbons (Fsp3) is 0.348. The third-order valence-electron chi connectivity index (χ3n) is 5.45. The van der Waals surface area contributed by atoms with Crippen LogP contribution in [0.5, 0.6) is 0 Å². The highest BCUT2D eigenvalue weighted by Crippen LogP contribution is 2.38. The van der Waals surface area contributed by atoms with E-state index in [1.54, 1.807) is 19.2 Å². The number of hydrogen-bond acceptors (Lipinski definition) is 6. The van der Waals surface area contributed by atoms with Gasteiger partial charge in [0.15, 0.2) is 0 Å². The first-order chi connectivity index (χ1) is 15.9. The molecule has 2 aromatic carbocycles. The number of ether oxygens (including phenoxy) is 1. The molecule has 2 aliphatic rings. The Kier molecular flexibility index (Phi) is 7.42. The van der Waals surface area contributed by atoms with E-state index in [1.165, 1.54) is 16.7 Å². The maximum absolute atomic E-state index is 12.6. The van der Waals surface area contributed by atoms with Crippen molar-refractivity contribution >= 4 is 58.1 Å². The first-order valence-electron chi connectivity index (χ1n) is 10.6. The van der Waals surface area contributed by atoms with Crippen LogP contribution in [-0.2, 0) is 19.1 Å². The smallest absolute Gasteiger partial charge is 0.243 e. The number of likely N-dealkylation sites (N-methyl/N-ethyl adjacent to an activating group) is 1. The Morgan fingerprint density at radius 2 is 1.94 bits per heavy atom. The van der Waals surface area contributed by atoms with Gasteiger partial charge in [-0.05, 0) is 42.5 Å². The molecule has 10 heteroatoms. The number of nitrogens with one attached hydrogen (secondary N) is 2. The lowest BCUT2D eigenvalue weighted by Gasteiger charge is -2.29. The second kappa shape index (κ2) is 10.5. The van der Waals surface area contributed by atoms with E-state index in [0.29, 0.717) is 29.6 Å². The van der Waals surface area contributed by atoms with E-state index in [1.807, 2.05) is 30.3 Å². The largest absolute Gasteiger partial charge is 0.378 e. The highest BCUT2D eigenvalue weighted by Gasteiger charge is 2.30. The maximum atomic E-state index is 12.6. The number of halogens is 1. The van der Waals surface area contributed by atoms with Gasteiger partial charge in [0.1, 0.15) is 0 Å². The number of thioether (sulfide) groups is 1. The van der Waals surface area contributed by atoms with Gasteiger partial charge in [-0.25, -0.2) is 0 Å². The standard InChI is InChI=1S/C23H25ClN4O4S/c1-27(22(30)13-20-23(31)26-18-12-15(24)2-7-19(18)33-20)14-21(29)25-16-3-5-17(6-4-16)28-8-10-32-11-9-28/h2-7,12,20H,8-11,13-14H2,1H3,(H,25,29)(H,26,31). The quantitative estimate of drug-likeness (QED) is 0.649. The van der Waals surface area contributed by atoms with Gasteiger partial charge in [0.25, 0.3) is 0 Å². The van der Waals surface area contributed by atoms with E-state index in [4.69, 9.17) is 16.3 Å². The van der Waals surface area contributed by atoms with Gasteiger partial charge < -0.3 is 25.2 Å². The molecule has 1 unspecified atom stereocenters. The molecule has 2 aromatic rings. The number of amides is 3. The lowest BCUT2D eigenvalue weighted by atomic mass is 10.2. The summed E-state index contributed by atoms with van der Waals surface area (Å²) in [7, 11) is 1.56. The van der Waals surface area contributed by atoms with Crippen molar-refractivity contribution in [3.8, 4) is 0 Å². The van der Waals surface area contributed by atoms with Gasteiger partial charge in [0.05, 0.1) is 30.7 Å². The molecule has 8 nitrogen and oxygen atoms in total. The third-order valence-corrected chi connectivity index (χ3v) is 6.97. The number of rotatable bonds is 6. The predicted molar refractivity (Wildman–Crippen MR) is 130 cm³/mol. The molecule has 2 heterocycles. The average molecular weight is 489 g/mol. The lowest BCUT2D eigenvalue weighted by molar-refractivity contribution is -0.134. The Morgan fingerprint density at radius 3 is 2.67 bits per heavy atom. The van der Waals surface area contributed by atoms with Crippen molar-refractivity contribution in [3.05, 3.63) is 47.5 Å². The Balaban J connectivity index is 1.27. The molecule has 0 aliphatic carbocycles. The van der Waals surface area contributed by atoms with Crippen molar-refractivity contribution in [2.75, 3.05) is 55.4 Å². The maximum Gasteiger partial charge on any atom is 0.243 e. The fourth-order valence-electron chi connectivity index (χ4n) is 3.65. The van der Waals surface area contributed by atoms with Gasteiger partial charge in [-0.2, -0.15) is 0 Å². The van der Waals surface area contributed by atoms with Crippen molar-refractivity contribution in [2.45, 2.75) is 16.6 Å². The van der Waals surface area contributed by atoms with Crippen LogP contribution >= 0.6 is 23.4 Å². The van der Waals surface area contributed by atoms with Crippen LogP contribution in [0.15, 0.2) is 47.4 Å². The zero-order valence-electron chi connectivity index (χ0n) is 18.2. The topological polar surface area (TPSA) is 91.0 Å². The Labute approximate surface area is 201 Å². The van der Waals surface area contributed by atoms with Crippen molar-refractivity contribution in [1.29, 1.82) is 0 Å². The van der Waals surface area contributed by atoms with E-state index in [-0.39, 0.29) is 30.7 Å². The second-order valence-corrected chi connectivity index (χ2v) is 9.57. The number of fused-ring (bicyclic) bond motifs is 1. The first-order valence-corrected chi connectivity index (χ1v) is 11.9. The molecule has 1 atom stereocenters. The number of nitrogens with zero attached hydrogens (tertiary/aromatic N) is 2. The van der Waals surface area contributed by atoms with Crippen LogP contribution in [-0.4, -0.2) is 67.8 Å². The van der Waals surface area contributed by atoms with Crippen molar-refractivity contribution < 1.29 is 19.1 Å².